The fourth-order valence-electron chi connectivity index (χ4n) is 2.18. The van der Waals surface area contributed by atoms with Gasteiger partial charge in [0.25, 0.3) is 0 Å². The molecule has 0 aliphatic heterocycles. The Morgan fingerprint density at radius 2 is 2.07 bits per heavy atom. The molecule has 0 spiro atoms. The summed E-state index contributed by atoms with van der Waals surface area (Å²) in [6.07, 6.45) is 2.51. The average molecular weight is 206 g/mol. The first-order valence-corrected chi connectivity index (χ1v) is 5.52. The van der Waals surface area contributed by atoms with Crippen LogP contribution in [0.4, 0.5) is 11.6 Å². The predicted octanol–water partition coefficient (Wildman–Crippen LogP) is 1.91. The number of nitrogen functional groups attached to an aromatic ring is 1. The van der Waals surface area contributed by atoms with Crippen molar-refractivity contribution in [1.29, 1.82) is 0 Å². The largest absolute Gasteiger partial charge is 0.382 e. The molecule has 1 saturated carbocycles. The van der Waals surface area contributed by atoms with Gasteiger partial charge in [0.05, 0.1) is 0 Å². The molecule has 4 nitrogen and oxygen atoms in total. The predicted molar refractivity (Wildman–Crippen MR) is 61.4 cm³/mol. The highest BCUT2D eigenvalue weighted by atomic mass is 15.2. The zero-order valence-corrected chi connectivity index (χ0v) is 9.27. The normalized spacial score (nSPS) is 30.4. The molecule has 15 heavy (non-hydrogen) atoms. The van der Waals surface area contributed by atoms with Crippen molar-refractivity contribution in [3.63, 3.8) is 0 Å². The molecule has 1 aromatic heterocycles. The monoisotopic (exact) mass is 206 g/mol. The van der Waals surface area contributed by atoms with Crippen LogP contribution in [0, 0.1) is 11.8 Å². The molecular formula is C11H18N4. The maximum Gasteiger partial charge on any atom is 0.149 e. The van der Waals surface area contributed by atoms with E-state index in [1.54, 1.807) is 6.07 Å². The summed E-state index contributed by atoms with van der Waals surface area (Å²) in [5.41, 5.74) is 5.48. The fraction of sp³-hybridized carbons (Fsp3) is 0.636. The van der Waals surface area contributed by atoms with Crippen LogP contribution in [0.2, 0.25) is 0 Å². The second-order valence-corrected chi connectivity index (χ2v) is 4.51. The first-order chi connectivity index (χ1) is 7.16. The summed E-state index contributed by atoms with van der Waals surface area (Å²) in [6.45, 7) is 4.60. The summed E-state index contributed by atoms with van der Waals surface area (Å²) < 4.78 is 0. The third-order valence-corrected chi connectivity index (χ3v) is 3.48. The second-order valence-electron chi connectivity index (χ2n) is 4.51. The van der Waals surface area contributed by atoms with Gasteiger partial charge in [0.1, 0.15) is 11.6 Å². The van der Waals surface area contributed by atoms with Gasteiger partial charge in [-0.3, -0.25) is 0 Å². The van der Waals surface area contributed by atoms with E-state index in [1.165, 1.54) is 12.8 Å². The topological polar surface area (TPSA) is 63.8 Å². The molecule has 1 fully saturated rings. The number of aromatic nitrogens is 2. The zero-order chi connectivity index (χ0) is 10.8. The summed E-state index contributed by atoms with van der Waals surface area (Å²) in [7, 11) is 0. The van der Waals surface area contributed by atoms with E-state index in [2.05, 4.69) is 29.4 Å². The number of nitrogens with two attached hydrogens (primary N) is 1. The van der Waals surface area contributed by atoms with Crippen LogP contribution in [-0.4, -0.2) is 16.2 Å². The second kappa shape index (κ2) is 4.04. The Morgan fingerprint density at radius 3 is 2.60 bits per heavy atom. The lowest BCUT2D eigenvalue weighted by Crippen LogP contribution is -2.24. The highest BCUT2D eigenvalue weighted by Gasteiger charge is 2.29. The fourth-order valence-corrected chi connectivity index (χ4v) is 2.18. The van der Waals surface area contributed by atoms with E-state index in [0.717, 1.165) is 11.7 Å². The van der Waals surface area contributed by atoms with Gasteiger partial charge >= 0.3 is 0 Å². The van der Waals surface area contributed by atoms with Crippen LogP contribution in [0.25, 0.3) is 0 Å². The molecule has 3 unspecified atom stereocenters. The van der Waals surface area contributed by atoms with Gasteiger partial charge in [-0.25, -0.2) is 0 Å². The lowest BCUT2D eigenvalue weighted by Gasteiger charge is -2.19. The number of hydrogen-bond donors (Lipinski definition) is 2. The quantitative estimate of drug-likeness (QED) is 0.775. The van der Waals surface area contributed by atoms with Gasteiger partial charge in [0.2, 0.25) is 0 Å². The van der Waals surface area contributed by atoms with Crippen molar-refractivity contribution < 1.29 is 0 Å². The van der Waals surface area contributed by atoms with Gasteiger partial charge in [-0.2, -0.15) is 0 Å². The highest BCUT2D eigenvalue weighted by molar-refractivity contribution is 5.39. The molecule has 2 rings (SSSR count). The smallest absolute Gasteiger partial charge is 0.149 e. The average Bonchev–Trinajstić information content (AvgIpc) is 2.53. The Labute approximate surface area is 90.3 Å². The number of nitrogens with zero attached hydrogens (tertiary/aromatic N) is 2. The summed E-state index contributed by atoms with van der Waals surface area (Å²) >= 11 is 0. The first kappa shape index (κ1) is 10.2. The van der Waals surface area contributed by atoms with Crippen molar-refractivity contribution in [1.82, 2.24) is 10.2 Å². The van der Waals surface area contributed by atoms with Crippen molar-refractivity contribution in [3.05, 3.63) is 12.1 Å². The van der Waals surface area contributed by atoms with E-state index < -0.39 is 0 Å². The summed E-state index contributed by atoms with van der Waals surface area (Å²) in [5, 5.41) is 11.3. The third kappa shape index (κ3) is 2.19. The summed E-state index contributed by atoms with van der Waals surface area (Å²) in [4.78, 5) is 0. The van der Waals surface area contributed by atoms with Crippen LogP contribution in [0.1, 0.15) is 26.7 Å². The van der Waals surface area contributed by atoms with Crippen LogP contribution in [-0.2, 0) is 0 Å². The van der Waals surface area contributed by atoms with Gasteiger partial charge in [-0.05, 0) is 36.8 Å². The minimum atomic E-state index is 0.466. The van der Waals surface area contributed by atoms with Gasteiger partial charge in [0.15, 0.2) is 0 Å². The van der Waals surface area contributed by atoms with Crippen molar-refractivity contribution >= 4 is 11.6 Å². The molecule has 3 N–H and O–H groups in total. The minimum Gasteiger partial charge on any atom is -0.382 e. The zero-order valence-electron chi connectivity index (χ0n) is 9.27. The number of hydrogen-bond acceptors (Lipinski definition) is 4. The number of anilines is 2. The summed E-state index contributed by atoms with van der Waals surface area (Å²) in [5.74, 6) is 2.79. The lowest BCUT2D eigenvalue weighted by atomic mass is 9.98. The van der Waals surface area contributed by atoms with Crippen LogP contribution in [0.5, 0.6) is 0 Å². The standard InChI is InChI=1S/C11H18N4/c1-7-3-4-9(8(7)2)13-11-6-5-10(12)14-15-11/h5-9H,3-4H2,1-2H3,(H2,12,14)(H,13,15). The molecular weight excluding hydrogens is 188 g/mol. The first-order valence-electron chi connectivity index (χ1n) is 5.52. The SMILES string of the molecule is CC1CCC(Nc2ccc(N)nn2)C1C. The molecule has 0 saturated heterocycles. The van der Waals surface area contributed by atoms with Gasteiger partial charge < -0.3 is 11.1 Å². The number of rotatable bonds is 2. The minimum absolute atomic E-state index is 0.466. The van der Waals surface area contributed by atoms with Crippen molar-refractivity contribution in [2.24, 2.45) is 11.8 Å². The maximum atomic E-state index is 5.48. The molecule has 3 atom stereocenters. The molecule has 0 bridgehead atoms. The Hall–Kier alpha value is -1.32. The Balaban J connectivity index is 2.00. The van der Waals surface area contributed by atoms with Crippen LogP contribution in [0.15, 0.2) is 12.1 Å². The molecule has 1 aromatic rings. The molecule has 4 heteroatoms. The summed E-state index contributed by atoms with van der Waals surface area (Å²) in [6, 6.07) is 4.19. The Kier molecular flexibility index (Phi) is 2.75. The van der Waals surface area contributed by atoms with Crippen molar-refractivity contribution in [2.45, 2.75) is 32.7 Å². The van der Waals surface area contributed by atoms with E-state index in [1.807, 2.05) is 6.07 Å². The van der Waals surface area contributed by atoms with E-state index in [-0.39, 0.29) is 0 Å². The van der Waals surface area contributed by atoms with E-state index >= 15 is 0 Å². The third-order valence-electron chi connectivity index (χ3n) is 3.48. The highest BCUT2D eigenvalue weighted by Crippen LogP contribution is 2.32. The molecule has 82 valence electrons. The molecule has 1 heterocycles. The van der Waals surface area contributed by atoms with Crippen LogP contribution >= 0.6 is 0 Å². The van der Waals surface area contributed by atoms with Crippen LogP contribution in [0.3, 0.4) is 0 Å². The van der Waals surface area contributed by atoms with Gasteiger partial charge in [-0.1, -0.05) is 13.8 Å². The molecule has 0 amide bonds. The van der Waals surface area contributed by atoms with Crippen LogP contribution < -0.4 is 11.1 Å². The van der Waals surface area contributed by atoms with E-state index in [9.17, 15) is 0 Å². The van der Waals surface area contributed by atoms with Crippen molar-refractivity contribution in [3.8, 4) is 0 Å². The lowest BCUT2D eigenvalue weighted by molar-refractivity contribution is 0.435. The molecule has 1 aliphatic rings. The van der Waals surface area contributed by atoms with Gasteiger partial charge in [0, 0.05) is 6.04 Å². The number of nitrogens with one attached hydrogen (secondary N) is 1. The molecule has 1 aliphatic carbocycles. The van der Waals surface area contributed by atoms with E-state index in [4.69, 9.17) is 5.73 Å². The van der Waals surface area contributed by atoms with Crippen molar-refractivity contribution in [2.75, 3.05) is 11.1 Å². The maximum absolute atomic E-state index is 5.48. The van der Waals surface area contributed by atoms with Gasteiger partial charge in [-0.15, -0.1) is 10.2 Å². The molecule has 0 aromatic carbocycles. The Bertz CT molecular complexity index is 322. The van der Waals surface area contributed by atoms with E-state index in [0.29, 0.717) is 17.8 Å². The molecule has 0 radical (unpaired) electrons. The Morgan fingerprint density at radius 1 is 1.27 bits per heavy atom.